The first-order valence-electron chi connectivity index (χ1n) is 9.06. The molecule has 0 radical (unpaired) electrons. The van der Waals surface area contributed by atoms with Crippen LogP contribution in [0.15, 0.2) is 0 Å². The molecule has 0 saturated carbocycles. The third-order valence-corrected chi connectivity index (χ3v) is 4.28. The number of hydrogen-bond acceptors (Lipinski definition) is 3. The molecule has 124 valence electrons. The maximum absolute atomic E-state index is 11.9. The average molecular weight is 298 g/mol. The van der Waals surface area contributed by atoms with E-state index in [2.05, 4.69) is 6.92 Å². The molecule has 0 aliphatic carbocycles. The van der Waals surface area contributed by atoms with Gasteiger partial charge in [-0.3, -0.25) is 4.79 Å². The van der Waals surface area contributed by atoms with Crippen molar-refractivity contribution in [2.24, 2.45) is 5.92 Å². The molecular weight excluding hydrogens is 264 g/mol. The predicted octanol–water partition coefficient (Wildman–Crippen LogP) is 5.22. The predicted molar refractivity (Wildman–Crippen MR) is 86.1 cm³/mol. The SMILES string of the molecule is CCCCCCCCCCC(C)C(=O)OC1CCCCO1. The Morgan fingerprint density at radius 3 is 2.38 bits per heavy atom. The lowest BCUT2D eigenvalue weighted by atomic mass is 10.0. The number of carbonyl (C=O) groups is 1. The Hall–Kier alpha value is -0.570. The second-order valence-corrected chi connectivity index (χ2v) is 6.40. The van der Waals surface area contributed by atoms with Crippen molar-refractivity contribution >= 4 is 5.97 Å². The Bertz CT molecular complexity index is 259. The van der Waals surface area contributed by atoms with Crippen molar-refractivity contribution in [2.45, 2.75) is 97.2 Å². The Labute approximate surface area is 130 Å². The molecule has 0 aromatic carbocycles. The molecule has 1 fully saturated rings. The van der Waals surface area contributed by atoms with Gasteiger partial charge in [0.1, 0.15) is 0 Å². The topological polar surface area (TPSA) is 35.5 Å². The van der Waals surface area contributed by atoms with Gasteiger partial charge in [-0.2, -0.15) is 0 Å². The molecule has 0 spiro atoms. The van der Waals surface area contributed by atoms with Crippen LogP contribution >= 0.6 is 0 Å². The summed E-state index contributed by atoms with van der Waals surface area (Å²) >= 11 is 0. The summed E-state index contributed by atoms with van der Waals surface area (Å²) in [4.78, 5) is 11.9. The molecule has 1 aliphatic rings. The molecule has 0 aromatic rings. The quantitative estimate of drug-likeness (QED) is 0.387. The zero-order valence-corrected chi connectivity index (χ0v) is 14.1. The smallest absolute Gasteiger partial charge is 0.310 e. The van der Waals surface area contributed by atoms with Crippen LogP contribution in [0.25, 0.3) is 0 Å². The van der Waals surface area contributed by atoms with Crippen molar-refractivity contribution in [3.63, 3.8) is 0 Å². The van der Waals surface area contributed by atoms with Crippen molar-refractivity contribution in [2.75, 3.05) is 6.61 Å². The fraction of sp³-hybridized carbons (Fsp3) is 0.944. The van der Waals surface area contributed by atoms with Gasteiger partial charge in [0, 0.05) is 6.42 Å². The highest BCUT2D eigenvalue weighted by Gasteiger charge is 2.21. The second kappa shape index (κ2) is 12.0. The minimum Gasteiger partial charge on any atom is -0.436 e. The summed E-state index contributed by atoms with van der Waals surface area (Å²) in [6.07, 6.45) is 14.1. The van der Waals surface area contributed by atoms with Gasteiger partial charge in [0.15, 0.2) is 0 Å². The highest BCUT2D eigenvalue weighted by Crippen LogP contribution is 2.18. The minimum absolute atomic E-state index is 0.00983. The van der Waals surface area contributed by atoms with Gasteiger partial charge in [0.25, 0.3) is 0 Å². The van der Waals surface area contributed by atoms with E-state index >= 15 is 0 Å². The van der Waals surface area contributed by atoms with E-state index in [1.807, 2.05) is 6.92 Å². The fourth-order valence-electron chi connectivity index (χ4n) is 2.75. The van der Waals surface area contributed by atoms with Crippen LogP contribution in [0, 0.1) is 5.92 Å². The molecule has 21 heavy (non-hydrogen) atoms. The highest BCUT2D eigenvalue weighted by molar-refractivity contribution is 5.72. The molecule has 1 saturated heterocycles. The monoisotopic (exact) mass is 298 g/mol. The van der Waals surface area contributed by atoms with Crippen LogP contribution in [0.2, 0.25) is 0 Å². The van der Waals surface area contributed by atoms with E-state index in [1.165, 1.54) is 44.9 Å². The van der Waals surface area contributed by atoms with E-state index < -0.39 is 0 Å². The fourth-order valence-corrected chi connectivity index (χ4v) is 2.75. The first-order chi connectivity index (χ1) is 10.2. The molecule has 0 aromatic heterocycles. The zero-order chi connectivity index (χ0) is 15.3. The van der Waals surface area contributed by atoms with Crippen molar-refractivity contribution in [3.05, 3.63) is 0 Å². The van der Waals surface area contributed by atoms with E-state index in [4.69, 9.17) is 9.47 Å². The molecule has 1 heterocycles. The molecule has 0 N–H and O–H groups in total. The van der Waals surface area contributed by atoms with Gasteiger partial charge in [0.2, 0.25) is 6.29 Å². The van der Waals surface area contributed by atoms with Crippen molar-refractivity contribution < 1.29 is 14.3 Å². The zero-order valence-electron chi connectivity index (χ0n) is 14.1. The standard InChI is InChI=1S/C18H34O3/c1-3-4-5-6-7-8-9-10-13-16(2)18(19)21-17-14-11-12-15-20-17/h16-17H,3-15H2,1-2H3. The summed E-state index contributed by atoms with van der Waals surface area (Å²) < 4.78 is 10.9. The molecule has 2 atom stereocenters. The average Bonchev–Trinajstić information content (AvgIpc) is 2.50. The molecule has 1 rings (SSSR count). The number of hydrogen-bond donors (Lipinski definition) is 0. The van der Waals surface area contributed by atoms with Gasteiger partial charge in [-0.15, -0.1) is 0 Å². The van der Waals surface area contributed by atoms with Crippen LogP contribution in [-0.2, 0) is 14.3 Å². The van der Waals surface area contributed by atoms with Gasteiger partial charge in [0.05, 0.1) is 12.5 Å². The van der Waals surface area contributed by atoms with Crippen LogP contribution in [0.3, 0.4) is 0 Å². The third kappa shape index (κ3) is 9.13. The number of ether oxygens (including phenoxy) is 2. The molecule has 1 aliphatic heterocycles. The van der Waals surface area contributed by atoms with Crippen LogP contribution in [-0.4, -0.2) is 18.9 Å². The highest BCUT2D eigenvalue weighted by atomic mass is 16.7. The Balaban J connectivity index is 1.96. The number of carbonyl (C=O) groups excluding carboxylic acids is 1. The van der Waals surface area contributed by atoms with E-state index in [0.29, 0.717) is 0 Å². The summed E-state index contributed by atoms with van der Waals surface area (Å²) in [5, 5.41) is 0. The van der Waals surface area contributed by atoms with E-state index in [-0.39, 0.29) is 18.2 Å². The normalized spacial score (nSPS) is 20.2. The molecular formula is C18H34O3. The van der Waals surface area contributed by atoms with Crippen LogP contribution in [0.4, 0.5) is 0 Å². The number of esters is 1. The minimum atomic E-state index is -0.285. The lowest BCUT2D eigenvalue weighted by Crippen LogP contribution is -2.28. The van der Waals surface area contributed by atoms with Crippen LogP contribution < -0.4 is 0 Å². The third-order valence-electron chi connectivity index (χ3n) is 4.28. The first kappa shape index (κ1) is 18.5. The molecule has 2 unspecified atom stereocenters. The van der Waals surface area contributed by atoms with Gasteiger partial charge in [-0.1, -0.05) is 65.2 Å². The summed E-state index contributed by atoms with van der Waals surface area (Å²) in [6.45, 7) is 4.95. The summed E-state index contributed by atoms with van der Waals surface area (Å²) in [5.74, 6) is -0.0690. The lowest BCUT2D eigenvalue weighted by molar-refractivity contribution is -0.190. The molecule has 0 bridgehead atoms. The van der Waals surface area contributed by atoms with Crippen molar-refractivity contribution in [1.29, 1.82) is 0 Å². The molecule has 0 amide bonds. The lowest BCUT2D eigenvalue weighted by Gasteiger charge is -2.23. The van der Waals surface area contributed by atoms with Gasteiger partial charge >= 0.3 is 5.97 Å². The Morgan fingerprint density at radius 2 is 1.76 bits per heavy atom. The van der Waals surface area contributed by atoms with Gasteiger partial charge < -0.3 is 9.47 Å². The van der Waals surface area contributed by atoms with E-state index in [0.717, 1.165) is 38.7 Å². The second-order valence-electron chi connectivity index (χ2n) is 6.40. The van der Waals surface area contributed by atoms with Gasteiger partial charge in [-0.25, -0.2) is 0 Å². The largest absolute Gasteiger partial charge is 0.436 e. The molecule has 3 heteroatoms. The number of rotatable bonds is 11. The maximum atomic E-state index is 11.9. The maximum Gasteiger partial charge on any atom is 0.310 e. The van der Waals surface area contributed by atoms with Crippen molar-refractivity contribution in [1.82, 2.24) is 0 Å². The number of unbranched alkanes of at least 4 members (excludes halogenated alkanes) is 7. The summed E-state index contributed by atoms with van der Waals surface area (Å²) in [5.41, 5.74) is 0. The summed E-state index contributed by atoms with van der Waals surface area (Å²) in [6, 6.07) is 0. The van der Waals surface area contributed by atoms with Gasteiger partial charge in [-0.05, 0) is 19.3 Å². The summed E-state index contributed by atoms with van der Waals surface area (Å²) in [7, 11) is 0. The Kier molecular flexibility index (Phi) is 10.6. The first-order valence-corrected chi connectivity index (χ1v) is 9.06. The van der Waals surface area contributed by atoms with Crippen LogP contribution in [0.5, 0.6) is 0 Å². The van der Waals surface area contributed by atoms with Crippen molar-refractivity contribution in [3.8, 4) is 0 Å². The Morgan fingerprint density at radius 1 is 1.10 bits per heavy atom. The van der Waals surface area contributed by atoms with E-state index in [1.54, 1.807) is 0 Å². The molecule has 3 nitrogen and oxygen atoms in total. The van der Waals surface area contributed by atoms with E-state index in [9.17, 15) is 4.79 Å². The van der Waals surface area contributed by atoms with Crippen LogP contribution in [0.1, 0.15) is 90.9 Å².